The van der Waals surface area contributed by atoms with Crippen LogP contribution < -0.4 is 11.1 Å². The number of benzene rings is 1. The molecule has 0 aliphatic carbocycles. The Morgan fingerprint density at radius 1 is 1.26 bits per heavy atom. The quantitative estimate of drug-likeness (QED) is 0.802. The van der Waals surface area contributed by atoms with Crippen LogP contribution in [-0.4, -0.2) is 15.5 Å². The number of hydrogen-bond donors (Lipinski definition) is 2. The Labute approximate surface area is 109 Å². The van der Waals surface area contributed by atoms with E-state index in [9.17, 15) is 0 Å². The number of hydrogen-bond acceptors (Lipinski definition) is 5. The minimum absolute atomic E-state index is 0.158. The van der Waals surface area contributed by atoms with Crippen LogP contribution in [0.3, 0.4) is 0 Å². The maximum Gasteiger partial charge on any atom is 0.228 e. The van der Waals surface area contributed by atoms with Gasteiger partial charge in [-0.15, -0.1) is 5.10 Å². The first-order valence-electron chi connectivity index (χ1n) is 5.64. The number of nitrogens with two attached hydrogens (primary N) is 1. The number of nitrogens with one attached hydrogen (secondary N) is 1. The predicted molar refractivity (Wildman–Crippen MR) is 72.0 cm³/mol. The molecule has 19 heavy (non-hydrogen) atoms. The van der Waals surface area contributed by atoms with Gasteiger partial charge in [-0.1, -0.05) is 30.3 Å². The monoisotopic (exact) mass is 250 g/mol. The van der Waals surface area contributed by atoms with Crippen molar-refractivity contribution in [3.63, 3.8) is 0 Å². The van der Waals surface area contributed by atoms with Crippen molar-refractivity contribution in [2.45, 2.75) is 0 Å². The van der Waals surface area contributed by atoms with E-state index in [1.54, 1.807) is 6.20 Å². The van der Waals surface area contributed by atoms with Crippen molar-refractivity contribution in [2.75, 3.05) is 5.32 Å². The fourth-order valence-electron chi connectivity index (χ4n) is 1.76. The van der Waals surface area contributed by atoms with E-state index in [4.69, 9.17) is 11.0 Å². The van der Waals surface area contributed by atoms with Crippen molar-refractivity contribution >= 4 is 11.8 Å². The summed E-state index contributed by atoms with van der Waals surface area (Å²) >= 11 is 0. The molecule has 0 saturated heterocycles. The zero-order valence-corrected chi connectivity index (χ0v) is 9.91. The minimum Gasteiger partial charge on any atom is -0.381 e. The van der Waals surface area contributed by atoms with E-state index in [1.165, 1.54) is 10.9 Å². The Hall–Kier alpha value is -3.07. The zero-order valence-electron chi connectivity index (χ0n) is 9.91. The highest BCUT2D eigenvalue weighted by Crippen LogP contribution is 2.21. The highest BCUT2D eigenvalue weighted by molar-refractivity contribution is 6.01. The summed E-state index contributed by atoms with van der Waals surface area (Å²) in [7, 11) is 0. The van der Waals surface area contributed by atoms with E-state index in [2.05, 4.69) is 15.4 Å². The molecule has 6 nitrogen and oxygen atoms in total. The molecule has 1 aromatic carbocycles. The van der Waals surface area contributed by atoms with Crippen LogP contribution in [0.1, 0.15) is 0 Å². The van der Waals surface area contributed by atoms with Crippen LogP contribution in [-0.2, 0) is 0 Å². The van der Waals surface area contributed by atoms with Crippen LogP contribution in [0.2, 0.25) is 0 Å². The van der Waals surface area contributed by atoms with Gasteiger partial charge in [0, 0.05) is 11.8 Å². The van der Waals surface area contributed by atoms with Gasteiger partial charge >= 0.3 is 0 Å². The van der Waals surface area contributed by atoms with Gasteiger partial charge in [-0.3, -0.25) is 0 Å². The van der Waals surface area contributed by atoms with Crippen molar-refractivity contribution in [1.29, 1.82) is 5.26 Å². The van der Waals surface area contributed by atoms with E-state index in [1.807, 2.05) is 36.4 Å². The van der Waals surface area contributed by atoms with Crippen LogP contribution >= 0.6 is 0 Å². The van der Waals surface area contributed by atoms with E-state index < -0.39 is 0 Å². The number of anilines is 1. The average Bonchev–Trinajstić information content (AvgIpc) is 2.77. The van der Waals surface area contributed by atoms with Gasteiger partial charge in [0.25, 0.3) is 0 Å². The van der Waals surface area contributed by atoms with Gasteiger partial charge in [-0.2, -0.15) is 5.26 Å². The fourth-order valence-corrected chi connectivity index (χ4v) is 1.76. The molecular formula is C13H10N6. The van der Waals surface area contributed by atoms with Crippen molar-refractivity contribution in [3.05, 3.63) is 48.3 Å². The summed E-state index contributed by atoms with van der Waals surface area (Å²) in [5.74, 6) is 0.679. The summed E-state index contributed by atoms with van der Waals surface area (Å²) in [6.07, 6.45) is 3.26. The molecule has 1 aromatic heterocycles. The molecule has 2 heterocycles. The van der Waals surface area contributed by atoms with Gasteiger partial charge < -0.3 is 11.1 Å². The van der Waals surface area contributed by atoms with E-state index >= 15 is 0 Å². The lowest BCUT2D eigenvalue weighted by atomic mass is 10.2. The Bertz CT molecular complexity index is 717. The SMILES string of the molecule is N#CC1=CNc2nc(-c3ccccc3)cn2N=C1N. The molecule has 0 amide bonds. The topological polar surface area (TPSA) is 92.0 Å². The molecule has 92 valence electrons. The number of amidine groups is 1. The molecule has 3 N–H and O–H groups in total. The van der Waals surface area contributed by atoms with Crippen LogP contribution in [0.4, 0.5) is 5.95 Å². The third kappa shape index (κ3) is 1.93. The van der Waals surface area contributed by atoms with Crippen molar-refractivity contribution in [2.24, 2.45) is 10.8 Å². The first-order chi connectivity index (χ1) is 9.28. The summed E-state index contributed by atoms with van der Waals surface area (Å²) in [6.45, 7) is 0. The van der Waals surface area contributed by atoms with Gasteiger partial charge in [-0.05, 0) is 0 Å². The molecule has 0 atom stereocenters. The highest BCUT2D eigenvalue weighted by atomic mass is 15.4. The largest absolute Gasteiger partial charge is 0.381 e. The summed E-state index contributed by atoms with van der Waals surface area (Å²) in [6, 6.07) is 11.7. The Morgan fingerprint density at radius 2 is 2.05 bits per heavy atom. The molecule has 0 saturated carbocycles. The maximum absolute atomic E-state index is 8.89. The lowest BCUT2D eigenvalue weighted by Gasteiger charge is -1.95. The van der Waals surface area contributed by atoms with Gasteiger partial charge in [0.1, 0.15) is 11.6 Å². The number of fused-ring (bicyclic) bond motifs is 1. The zero-order chi connectivity index (χ0) is 13.2. The maximum atomic E-state index is 8.89. The second-order valence-electron chi connectivity index (χ2n) is 3.96. The average molecular weight is 250 g/mol. The standard InChI is InChI=1S/C13H10N6/c14-6-10-7-16-13-17-11(8-19(13)18-12(10)15)9-4-2-1-3-5-9/h1-5,7-8H,(H2,15,18)(H,16,17). The molecule has 1 aliphatic rings. The third-order valence-electron chi connectivity index (χ3n) is 2.71. The minimum atomic E-state index is 0.158. The van der Waals surface area contributed by atoms with Crippen molar-refractivity contribution in [1.82, 2.24) is 9.66 Å². The molecule has 0 radical (unpaired) electrons. The smallest absolute Gasteiger partial charge is 0.228 e. The number of nitrogens with zero attached hydrogens (tertiary/aromatic N) is 4. The Balaban J connectivity index is 2.05. The molecule has 3 rings (SSSR count). The highest BCUT2D eigenvalue weighted by Gasteiger charge is 2.13. The molecule has 6 heteroatoms. The molecule has 0 unspecified atom stereocenters. The van der Waals surface area contributed by atoms with E-state index in [-0.39, 0.29) is 11.4 Å². The number of aromatic nitrogens is 2. The Kier molecular flexibility index (Phi) is 2.50. The second-order valence-corrected chi connectivity index (χ2v) is 3.96. The molecular weight excluding hydrogens is 240 g/mol. The number of rotatable bonds is 1. The van der Waals surface area contributed by atoms with Crippen LogP contribution in [0.25, 0.3) is 11.3 Å². The Morgan fingerprint density at radius 3 is 2.79 bits per heavy atom. The summed E-state index contributed by atoms with van der Waals surface area (Å²) in [4.78, 5) is 4.42. The fraction of sp³-hybridized carbons (Fsp3) is 0. The summed E-state index contributed by atoms with van der Waals surface area (Å²) < 4.78 is 1.53. The number of nitriles is 1. The first kappa shape index (κ1) is 11.0. The second kappa shape index (κ2) is 4.31. The van der Waals surface area contributed by atoms with Gasteiger partial charge in [0.15, 0.2) is 5.84 Å². The van der Waals surface area contributed by atoms with Crippen LogP contribution in [0, 0.1) is 11.3 Å². The van der Waals surface area contributed by atoms with E-state index in [0.29, 0.717) is 5.95 Å². The van der Waals surface area contributed by atoms with Crippen LogP contribution in [0.5, 0.6) is 0 Å². The normalized spacial score (nSPS) is 13.4. The van der Waals surface area contributed by atoms with E-state index in [0.717, 1.165) is 11.3 Å². The van der Waals surface area contributed by atoms with Crippen molar-refractivity contribution < 1.29 is 0 Å². The third-order valence-corrected chi connectivity index (χ3v) is 2.71. The van der Waals surface area contributed by atoms with Crippen molar-refractivity contribution in [3.8, 4) is 17.3 Å². The van der Waals surface area contributed by atoms with Gasteiger partial charge in [0.05, 0.1) is 11.9 Å². The molecule has 0 bridgehead atoms. The van der Waals surface area contributed by atoms with Crippen LogP contribution in [0.15, 0.2) is 53.4 Å². The molecule has 0 fully saturated rings. The lowest BCUT2D eigenvalue weighted by Crippen LogP contribution is -2.14. The summed E-state index contributed by atoms with van der Waals surface area (Å²) in [5, 5.41) is 15.9. The predicted octanol–water partition coefficient (Wildman–Crippen LogP) is 1.50. The lowest BCUT2D eigenvalue weighted by molar-refractivity contribution is 0.888. The summed E-state index contributed by atoms with van der Waals surface area (Å²) in [5.41, 5.74) is 7.78. The van der Waals surface area contributed by atoms with Gasteiger partial charge in [-0.25, -0.2) is 9.66 Å². The molecule has 0 spiro atoms. The van der Waals surface area contributed by atoms with Gasteiger partial charge in [0.2, 0.25) is 5.95 Å². The molecule has 2 aromatic rings. The number of imidazole rings is 1. The molecule has 1 aliphatic heterocycles. The first-order valence-corrected chi connectivity index (χ1v) is 5.64.